The molecule has 3 nitrogen and oxygen atoms in total. The predicted octanol–water partition coefficient (Wildman–Crippen LogP) is 3.30. The van der Waals surface area contributed by atoms with Crippen LogP contribution in [0.3, 0.4) is 0 Å². The van der Waals surface area contributed by atoms with Gasteiger partial charge in [-0.05, 0) is 62.9 Å². The van der Waals surface area contributed by atoms with Crippen LogP contribution >= 0.6 is 11.3 Å². The maximum absolute atomic E-state index is 4.56. The number of rotatable bonds is 4. The Hall–Kier alpha value is -1.26. The number of pyridine rings is 1. The molecule has 0 radical (unpaired) electrons. The van der Waals surface area contributed by atoms with Gasteiger partial charge in [-0.25, -0.2) is 4.98 Å². The quantitative estimate of drug-likeness (QED) is 0.864. The molecule has 0 unspecified atom stereocenters. The monoisotopic (exact) mass is 287 g/mol. The third kappa shape index (κ3) is 3.64. The van der Waals surface area contributed by atoms with E-state index in [4.69, 9.17) is 0 Å². The Balaban J connectivity index is 1.47. The molecule has 0 saturated carbocycles. The summed E-state index contributed by atoms with van der Waals surface area (Å²) in [5, 5.41) is 3.37. The van der Waals surface area contributed by atoms with E-state index in [2.05, 4.69) is 39.3 Å². The zero-order chi connectivity index (χ0) is 13.8. The van der Waals surface area contributed by atoms with Crippen molar-refractivity contribution < 1.29 is 0 Å². The maximum Gasteiger partial charge on any atom is 0.0897 e. The number of hydrogen-bond acceptors (Lipinski definition) is 4. The molecule has 0 N–H and O–H groups in total. The molecule has 1 aliphatic rings. The molecule has 0 aromatic carbocycles. The van der Waals surface area contributed by atoms with E-state index in [1.54, 1.807) is 11.3 Å². The van der Waals surface area contributed by atoms with Gasteiger partial charge in [0, 0.05) is 24.3 Å². The van der Waals surface area contributed by atoms with Crippen molar-refractivity contribution in [1.29, 1.82) is 0 Å². The van der Waals surface area contributed by atoms with E-state index in [0.29, 0.717) is 0 Å². The highest BCUT2D eigenvalue weighted by Gasteiger charge is 2.20. The summed E-state index contributed by atoms with van der Waals surface area (Å²) in [4.78, 5) is 11.2. The van der Waals surface area contributed by atoms with Crippen LogP contribution in [0.15, 0.2) is 29.9 Å². The fourth-order valence-electron chi connectivity index (χ4n) is 2.91. The van der Waals surface area contributed by atoms with Crippen molar-refractivity contribution in [3.63, 3.8) is 0 Å². The van der Waals surface area contributed by atoms with Gasteiger partial charge in [0.25, 0.3) is 0 Å². The minimum atomic E-state index is 0.825. The largest absolute Gasteiger partial charge is 0.297 e. The highest BCUT2D eigenvalue weighted by Crippen LogP contribution is 2.22. The Morgan fingerprint density at radius 3 is 2.65 bits per heavy atom. The lowest BCUT2D eigenvalue weighted by Gasteiger charge is -2.31. The third-order valence-corrected chi connectivity index (χ3v) is 4.86. The van der Waals surface area contributed by atoms with Gasteiger partial charge in [-0.1, -0.05) is 0 Å². The number of piperidine rings is 1. The van der Waals surface area contributed by atoms with Crippen LogP contribution in [0.4, 0.5) is 0 Å². The number of aryl methyl sites for hydroxylation is 1. The van der Waals surface area contributed by atoms with E-state index in [9.17, 15) is 0 Å². The Labute approximate surface area is 124 Å². The molecule has 1 saturated heterocycles. The third-order valence-electron chi connectivity index (χ3n) is 4.03. The molecule has 0 aliphatic carbocycles. The standard InChI is InChI=1S/C16H21N3S/c1-13-18-16(12-20-13)11-19-8-4-15(5-9-19)10-14-2-6-17-7-3-14/h2-3,6-7,12,15H,4-5,8-11H2,1H3. The smallest absolute Gasteiger partial charge is 0.0897 e. The minimum Gasteiger partial charge on any atom is -0.297 e. The van der Waals surface area contributed by atoms with Crippen molar-refractivity contribution in [1.82, 2.24) is 14.9 Å². The van der Waals surface area contributed by atoms with E-state index < -0.39 is 0 Å². The minimum absolute atomic E-state index is 0.825. The zero-order valence-corrected chi connectivity index (χ0v) is 12.8. The van der Waals surface area contributed by atoms with E-state index >= 15 is 0 Å². The first-order valence-electron chi connectivity index (χ1n) is 7.32. The summed E-state index contributed by atoms with van der Waals surface area (Å²) in [6.45, 7) is 5.50. The molecular weight excluding hydrogens is 266 g/mol. The summed E-state index contributed by atoms with van der Waals surface area (Å²) >= 11 is 1.75. The summed E-state index contributed by atoms with van der Waals surface area (Å²) in [7, 11) is 0. The lowest BCUT2D eigenvalue weighted by atomic mass is 9.90. The van der Waals surface area contributed by atoms with Gasteiger partial charge in [0.05, 0.1) is 10.7 Å². The van der Waals surface area contributed by atoms with Crippen LogP contribution < -0.4 is 0 Å². The summed E-state index contributed by atoms with van der Waals surface area (Å²) in [6, 6.07) is 4.29. The van der Waals surface area contributed by atoms with Crippen molar-refractivity contribution in [2.75, 3.05) is 13.1 Å². The fourth-order valence-corrected chi connectivity index (χ4v) is 3.51. The molecule has 0 amide bonds. The maximum atomic E-state index is 4.56. The summed E-state index contributed by atoms with van der Waals surface area (Å²) < 4.78 is 0. The van der Waals surface area contributed by atoms with Crippen LogP contribution in [-0.4, -0.2) is 28.0 Å². The van der Waals surface area contributed by atoms with Crippen LogP contribution in [0.25, 0.3) is 0 Å². The molecule has 1 aliphatic heterocycles. The van der Waals surface area contributed by atoms with Gasteiger partial charge in [-0.3, -0.25) is 9.88 Å². The van der Waals surface area contributed by atoms with Crippen LogP contribution in [0.1, 0.15) is 29.1 Å². The van der Waals surface area contributed by atoms with Crippen LogP contribution in [0.5, 0.6) is 0 Å². The lowest BCUT2D eigenvalue weighted by Crippen LogP contribution is -2.33. The topological polar surface area (TPSA) is 29.0 Å². The van der Waals surface area contributed by atoms with Gasteiger partial charge in [-0.2, -0.15) is 0 Å². The SMILES string of the molecule is Cc1nc(CN2CCC(Cc3ccncc3)CC2)cs1. The molecule has 2 aromatic rings. The number of hydrogen-bond donors (Lipinski definition) is 0. The summed E-state index contributed by atoms with van der Waals surface area (Å²) in [5.74, 6) is 0.825. The Kier molecular flexibility index (Phi) is 4.43. The van der Waals surface area contributed by atoms with Crippen LogP contribution in [0, 0.1) is 12.8 Å². The van der Waals surface area contributed by atoms with Gasteiger partial charge in [-0.15, -0.1) is 11.3 Å². The molecule has 3 rings (SSSR count). The average Bonchev–Trinajstić information content (AvgIpc) is 2.88. The predicted molar refractivity (Wildman–Crippen MR) is 82.8 cm³/mol. The van der Waals surface area contributed by atoms with Crippen molar-refractivity contribution in [3.05, 3.63) is 46.2 Å². The normalized spacial score (nSPS) is 17.4. The second-order valence-electron chi connectivity index (χ2n) is 5.64. The second-order valence-corrected chi connectivity index (χ2v) is 6.70. The zero-order valence-electron chi connectivity index (χ0n) is 12.0. The van der Waals surface area contributed by atoms with Crippen molar-refractivity contribution in [3.8, 4) is 0 Å². The molecular formula is C16H21N3S. The molecule has 106 valence electrons. The molecule has 1 fully saturated rings. The highest BCUT2D eigenvalue weighted by molar-refractivity contribution is 7.09. The van der Waals surface area contributed by atoms with E-state index in [1.165, 1.54) is 48.6 Å². The Morgan fingerprint density at radius 2 is 2.00 bits per heavy atom. The second kappa shape index (κ2) is 6.46. The molecule has 3 heterocycles. The van der Waals surface area contributed by atoms with Gasteiger partial charge < -0.3 is 0 Å². The van der Waals surface area contributed by atoms with E-state index in [1.807, 2.05) is 12.4 Å². The first-order valence-corrected chi connectivity index (χ1v) is 8.20. The molecule has 0 bridgehead atoms. The molecule has 4 heteroatoms. The highest BCUT2D eigenvalue weighted by atomic mass is 32.1. The molecule has 0 spiro atoms. The van der Waals surface area contributed by atoms with Crippen molar-refractivity contribution >= 4 is 11.3 Å². The lowest BCUT2D eigenvalue weighted by molar-refractivity contribution is 0.175. The number of nitrogens with zero attached hydrogens (tertiary/aromatic N) is 3. The summed E-state index contributed by atoms with van der Waals surface area (Å²) in [6.07, 6.45) is 7.59. The molecule has 0 atom stereocenters. The first kappa shape index (κ1) is 13.7. The number of likely N-dealkylation sites (tertiary alicyclic amines) is 1. The Morgan fingerprint density at radius 1 is 1.25 bits per heavy atom. The molecule has 20 heavy (non-hydrogen) atoms. The van der Waals surface area contributed by atoms with Gasteiger partial charge in [0.1, 0.15) is 0 Å². The van der Waals surface area contributed by atoms with E-state index in [-0.39, 0.29) is 0 Å². The van der Waals surface area contributed by atoms with Crippen LogP contribution in [-0.2, 0) is 13.0 Å². The fraction of sp³-hybridized carbons (Fsp3) is 0.500. The Bertz CT molecular complexity index is 530. The van der Waals surface area contributed by atoms with E-state index in [0.717, 1.165) is 12.5 Å². The summed E-state index contributed by atoms with van der Waals surface area (Å²) in [5.41, 5.74) is 2.66. The van der Waals surface area contributed by atoms with Crippen molar-refractivity contribution in [2.24, 2.45) is 5.92 Å². The average molecular weight is 287 g/mol. The first-order chi connectivity index (χ1) is 9.79. The van der Waals surface area contributed by atoms with Gasteiger partial charge in [0.2, 0.25) is 0 Å². The van der Waals surface area contributed by atoms with Gasteiger partial charge >= 0.3 is 0 Å². The molecule has 2 aromatic heterocycles. The number of thiazole rings is 1. The van der Waals surface area contributed by atoms with Crippen LogP contribution in [0.2, 0.25) is 0 Å². The van der Waals surface area contributed by atoms with Crippen molar-refractivity contribution in [2.45, 2.75) is 32.7 Å². The number of aromatic nitrogens is 2. The van der Waals surface area contributed by atoms with Gasteiger partial charge in [0.15, 0.2) is 0 Å².